The molecule has 2 aromatic rings. The molecule has 1 amide bonds. The lowest BCUT2D eigenvalue weighted by atomic mass is 9.97. The van der Waals surface area contributed by atoms with Gasteiger partial charge in [0.05, 0.1) is 13.0 Å². The average molecular weight is 361 g/mol. The lowest BCUT2D eigenvalue weighted by Gasteiger charge is -2.32. The summed E-state index contributed by atoms with van der Waals surface area (Å²) in [4.78, 5) is 14.4. The highest BCUT2D eigenvalue weighted by Crippen LogP contribution is 2.20. The van der Waals surface area contributed by atoms with E-state index in [9.17, 15) is 4.79 Å². The maximum atomic E-state index is 12.4. The summed E-state index contributed by atoms with van der Waals surface area (Å²) >= 11 is 0. The van der Waals surface area contributed by atoms with E-state index in [1.807, 2.05) is 59.5 Å². The van der Waals surface area contributed by atoms with Crippen molar-refractivity contribution in [2.45, 2.75) is 19.3 Å². The summed E-state index contributed by atoms with van der Waals surface area (Å²) in [6.07, 6.45) is 2.45. The summed E-state index contributed by atoms with van der Waals surface area (Å²) in [6.45, 7) is 2.36. The molecule has 0 radical (unpaired) electrons. The molecule has 3 rings (SSSR count). The number of benzene rings is 2. The van der Waals surface area contributed by atoms with Crippen LogP contribution < -0.4 is 10.5 Å². The van der Waals surface area contributed by atoms with E-state index in [2.05, 4.69) is 0 Å². The molecular formula is C20H25ClN2O2. The van der Waals surface area contributed by atoms with Gasteiger partial charge in [-0.2, -0.15) is 0 Å². The number of nitrogens with two attached hydrogens (primary N) is 1. The molecule has 1 fully saturated rings. The van der Waals surface area contributed by atoms with Crippen molar-refractivity contribution in [2.24, 2.45) is 5.92 Å². The molecule has 2 N–H and O–H groups in total. The molecule has 4 nitrogen and oxygen atoms in total. The number of carbonyl (C=O) groups excluding carboxylic acids is 1. The number of nitrogens with zero attached hydrogens (tertiary/aromatic N) is 1. The van der Waals surface area contributed by atoms with Gasteiger partial charge in [0.2, 0.25) is 5.91 Å². The smallest absolute Gasteiger partial charge is 0.226 e. The standard InChI is InChI=1S/C20H24N2O2.ClH/c21-18-8-6-16(7-9-18)14-20(23)22-12-10-17(11-13-22)15-24-19-4-2-1-3-5-19;/h1-9,17H,10-15,21H2;1H. The second-order valence-corrected chi connectivity index (χ2v) is 6.37. The first-order valence-electron chi connectivity index (χ1n) is 8.51. The fourth-order valence-corrected chi connectivity index (χ4v) is 3.00. The first-order chi connectivity index (χ1) is 11.7. The van der Waals surface area contributed by atoms with Crippen LogP contribution in [0.15, 0.2) is 54.6 Å². The molecule has 134 valence electrons. The molecule has 25 heavy (non-hydrogen) atoms. The van der Waals surface area contributed by atoms with Crippen molar-refractivity contribution in [2.75, 3.05) is 25.4 Å². The molecule has 0 aliphatic carbocycles. The number of anilines is 1. The summed E-state index contributed by atoms with van der Waals surface area (Å²) < 4.78 is 5.83. The van der Waals surface area contributed by atoms with Gasteiger partial charge in [0, 0.05) is 18.8 Å². The molecule has 0 saturated carbocycles. The Kier molecular flexibility index (Phi) is 7.14. The topological polar surface area (TPSA) is 55.6 Å². The van der Waals surface area contributed by atoms with E-state index in [0.29, 0.717) is 12.3 Å². The second-order valence-electron chi connectivity index (χ2n) is 6.37. The van der Waals surface area contributed by atoms with Crippen molar-refractivity contribution in [3.8, 4) is 5.75 Å². The molecule has 1 aliphatic heterocycles. The van der Waals surface area contributed by atoms with Gasteiger partial charge >= 0.3 is 0 Å². The lowest BCUT2D eigenvalue weighted by Crippen LogP contribution is -2.40. The number of carbonyl (C=O) groups is 1. The molecule has 0 unspecified atom stereocenters. The van der Waals surface area contributed by atoms with Gasteiger partial charge in [0.1, 0.15) is 5.75 Å². The number of amides is 1. The van der Waals surface area contributed by atoms with Crippen molar-refractivity contribution in [1.82, 2.24) is 4.90 Å². The summed E-state index contributed by atoms with van der Waals surface area (Å²) in [5.74, 6) is 1.63. The Labute approximate surface area is 155 Å². The molecule has 1 aliphatic rings. The second kappa shape index (κ2) is 9.33. The van der Waals surface area contributed by atoms with Crippen molar-refractivity contribution in [3.63, 3.8) is 0 Å². The molecule has 1 heterocycles. The minimum absolute atomic E-state index is 0. The number of nitrogen functional groups attached to an aromatic ring is 1. The maximum Gasteiger partial charge on any atom is 0.226 e. The molecule has 1 saturated heterocycles. The van der Waals surface area contributed by atoms with Crippen LogP contribution in [0.25, 0.3) is 0 Å². The van der Waals surface area contributed by atoms with Gasteiger partial charge in [-0.3, -0.25) is 4.79 Å². The third-order valence-electron chi connectivity index (χ3n) is 4.53. The van der Waals surface area contributed by atoms with Crippen LogP contribution in [0.5, 0.6) is 5.75 Å². The summed E-state index contributed by atoms with van der Waals surface area (Å²) in [5, 5.41) is 0. The summed E-state index contributed by atoms with van der Waals surface area (Å²) in [7, 11) is 0. The molecule has 0 bridgehead atoms. The van der Waals surface area contributed by atoms with Crippen molar-refractivity contribution < 1.29 is 9.53 Å². The molecule has 0 aromatic heterocycles. The van der Waals surface area contributed by atoms with Gasteiger partial charge in [-0.05, 0) is 48.6 Å². The Hall–Kier alpha value is -2.20. The van der Waals surface area contributed by atoms with Gasteiger partial charge in [-0.1, -0.05) is 30.3 Å². The largest absolute Gasteiger partial charge is 0.493 e. The van der Waals surface area contributed by atoms with Gasteiger partial charge in [0.25, 0.3) is 0 Å². The Bertz CT molecular complexity index is 653. The highest BCUT2D eigenvalue weighted by Gasteiger charge is 2.23. The van der Waals surface area contributed by atoms with Crippen molar-refractivity contribution in [1.29, 1.82) is 0 Å². The van der Waals surface area contributed by atoms with Crippen LogP contribution in [0.3, 0.4) is 0 Å². The highest BCUT2D eigenvalue weighted by molar-refractivity contribution is 5.85. The first-order valence-corrected chi connectivity index (χ1v) is 8.51. The van der Waals surface area contributed by atoms with Crippen molar-refractivity contribution in [3.05, 3.63) is 60.2 Å². The minimum atomic E-state index is 0. The Balaban J connectivity index is 0.00000225. The predicted octanol–water partition coefficient (Wildman–Crippen LogP) is 3.55. The summed E-state index contributed by atoms with van der Waals surface area (Å²) in [6, 6.07) is 17.4. The van der Waals surface area contributed by atoms with Gasteiger partial charge in [-0.15, -0.1) is 12.4 Å². The van der Waals surface area contributed by atoms with Gasteiger partial charge in [0.15, 0.2) is 0 Å². The monoisotopic (exact) mass is 360 g/mol. The number of hydrogen-bond donors (Lipinski definition) is 1. The quantitative estimate of drug-likeness (QED) is 0.829. The van der Waals surface area contributed by atoms with Crippen LogP contribution in [-0.4, -0.2) is 30.5 Å². The van der Waals surface area contributed by atoms with E-state index in [0.717, 1.165) is 49.5 Å². The number of para-hydroxylation sites is 1. The highest BCUT2D eigenvalue weighted by atomic mass is 35.5. The van der Waals surface area contributed by atoms with E-state index in [4.69, 9.17) is 10.5 Å². The minimum Gasteiger partial charge on any atom is -0.493 e. The fraction of sp³-hybridized carbons (Fsp3) is 0.350. The third-order valence-corrected chi connectivity index (χ3v) is 4.53. The maximum absolute atomic E-state index is 12.4. The van der Waals surface area contributed by atoms with E-state index in [1.165, 1.54) is 0 Å². The number of ether oxygens (including phenoxy) is 1. The number of hydrogen-bond acceptors (Lipinski definition) is 3. The van der Waals surface area contributed by atoms with Crippen LogP contribution in [0, 0.1) is 5.92 Å². The summed E-state index contributed by atoms with van der Waals surface area (Å²) in [5.41, 5.74) is 7.42. The zero-order valence-corrected chi connectivity index (χ0v) is 15.1. The van der Waals surface area contributed by atoms with Gasteiger partial charge < -0.3 is 15.4 Å². The Morgan fingerprint density at radius 1 is 1.04 bits per heavy atom. The Morgan fingerprint density at radius 3 is 2.32 bits per heavy atom. The SMILES string of the molecule is Cl.Nc1ccc(CC(=O)N2CCC(COc3ccccc3)CC2)cc1. The molecule has 5 heteroatoms. The van der Waals surface area contributed by atoms with E-state index >= 15 is 0 Å². The zero-order chi connectivity index (χ0) is 16.8. The molecular weight excluding hydrogens is 336 g/mol. The van der Waals surface area contributed by atoms with E-state index in [1.54, 1.807) is 0 Å². The van der Waals surface area contributed by atoms with Crippen molar-refractivity contribution >= 4 is 24.0 Å². The van der Waals surface area contributed by atoms with Gasteiger partial charge in [-0.25, -0.2) is 0 Å². The zero-order valence-electron chi connectivity index (χ0n) is 14.3. The Morgan fingerprint density at radius 2 is 1.68 bits per heavy atom. The van der Waals surface area contributed by atoms with E-state index < -0.39 is 0 Å². The fourth-order valence-electron chi connectivity index (χ4n) is 3.00. The number of rotatable bonds is 5. The normalized spacial score (nSPS) is 14.6. The molecule has 0 spiro atoms. The number of likely N-dealkylation sites (tertiary alicyclic amines) is 1. The number of piperidine rings is 1. The van der Waals surface area contributed by atoms with E-state index in [-0.39, 0.29) is 18.3 Å². The first kappa shape index (κ1) is 19.1. The molecule has 0 atom stereocenters. The van der Waals surface area contributed by atoms with Crippen LogP contribution in [0.2, 0.25) is 0 Å². The number of halogens is 1. The van der Waals surface area contributed by atoms with Crippen LogP contribution in [-0.2, 0) is 11.2 Å². The lowest BCUT2D eigenvalue weighted by molar-refractivity contribution is -0.132. The van der Waals surface area contributed by atoms with Crippen LogP contribution in [0.1, 0.15) is 18.4 Å². The van der Waals surface area contributed by atoms with Crippen LogP contribution >= 0.6 is 12.4 Å². The third kappa shape index (κ3) is 5.68. The average Bonchev–Trinajstić information content (AvgIpc) is 2.63. The predicted molar refractivity (Wildman–Crippen MR) is 103 cm³/mol. The molecule has 2 aromatic carbocycles. The van der Waals surface area contributed by atoms with Crippen LogP contribution in [0.4, 0.5) is 5.69 Å².